The third-order valence-electron chi connectivity index (χ3n) is 3.85. The minimum Gasteiger partial charge on any atom is -0.497 e. The van der Waals surface area contributed by atoms with E-state index in [4.69, 9.17) is 4.74 Å². The Morgan fingerprint density at radius 2 is 2.00 bits per heavy atom. The van der Waals surface area contributed by atoms with Crippen LogP contribution in [0.2, 0.25) is 0 Å². The van der Waals surface area contributed by atoms with Crippen LogP contribution in [0.1, 0.15) is 29.0 Å². The second kappa shape index (κ2) is 5.40. The fourth-order valence-corrected chi connectivity index (χ4v) is 2.84. The standard InChI is InChI=1S/C17H15NO3/c1-21-13-9-10-17(18(19)20)16(11-13)15-8-4-6-12-5-2-3-7-14(12)15/h2-7,9-11,15H,8H2,1H3. The molecule has 0 saturated heterocycles. The van der Waals surface area contributed by atoms with Crippen molar-refractivity contribution < 1.29 is 9.66 Å². The van der Waals surface area contributed by atoms with Crippen molar-refractivity contribution in [2.75, 3.05) is 7.11 Å². The number of nitrogens with zero attached hydrogens (tertiary/aromatic N) is 1. The lowest BCUT2D eigenvalue weighted by atomic mass is 9.81. The van der Waals surface area contributed by atoms with Gasteiger partial charge in [-0.2, -0.15) is 0 Å². The molecule has 0 N–H and O–H groups in total. The number of methoxy groups -OCH3 is 1. The van der Waals surface area contributed by atoms with Gasteiger partial charge in [-0.15, -0.1) is 0 Å². The van der Waals surface area contributed by atoms with E-state index < -0.39 is 0 Å². The Morgan fingerprint density at radius 1 is 1.19 bits per heavy atom. The first-order valence-corrected chi connectivity index (χ1v) is 6.78. The molecule has 2 aromatic rings. The number of rotatable bonds is 3. The van der Waals surface area contributed by atoms with Gasteiger partial charge in [0.1, 0.15) is 5.75 Å². The van der Waals surface area contributed by atoms with Crippen molar-refractivity contribution in [2.45, 2.75) is 12.3 Å². The lowest BCUT2D eigenvalue weighted by Gasteiger charge is -2.22. The average Bonchev–Trinajstić information content (AvgIpc) is 2.53. The lowest BCUT2D eigenvalue weighted by molar-refractivity contribution is -0.385. The number of hydrogen-bond acceptors (Lipinski definition) is 3. The average molecular weight is 281 g/mol. The second-order valence-electron chi connectivity index (χ2n) is 5.00. The first kappa shape index (κ1) is 13.4. The number of fused-ring (bicyclic) bond motifs is 1. The third kappa shape index (κ3) is 2.40. The molecule has 4 heteroatoms. The van der Waals surface area contributed by atoms with Crippen LogP contribution < -0.4 is 4.74 Å². The topological polar surface area (TPSA) is 52.4 Å². The summed E-state index contributed by atoms with van der Waals surface area (Å²) in [5.41, 5.74) is 3.09. The fraction of sp³-hybridized carbons (Fsp3) is 0.176. The maximum Gasteiger partial charge on any atom is 0.273 e. The highest BCUT2D eigenvalue weighted by atomic mass is 16.6. The molecule has 0 fully saturated rings. The molecule has 0 spiro atoms. The molecule has 0 radical (unpaired) electrons. The van der Waals surface area contributed by atoms with Crippen molar-refractivity contribution in [3.05, 3.63) is 75.3 Å². The number of nitro groups is 1. The zero-order valence-electron chi connectivity index (χ0n) is 11.7. The highest BCUT2D eigenvalue weighted by Crippen LogP contribution is 2.40. The molecule has 106 valence electrons. The number of allylic oxidation sites excluding steroid dienone is 1. The zero-order valence-corrected chi connectivity index (χ0v) is 11.7. The van der Waals surface area contributed by atoms with E-state index in [2.05, 4.69) is 12.2 Å². The van der Waals surface area contributed by atoms with E-state index in [1.54, 1.807) is 19.2 Å². The summed E-state index contributed by atoms with van der Waals surface area (Å²) >= 11 is 0. The van der Waals surface area contributed by atoms with Crippen molar-refractivity contribution in [1.29, 1.82) is 0 Å². The van der Waals surface area contributed by atoms with Crippen LogP contribution >= 0.6 is 0 Å². The van der Waals surface area contributed by atoms with Gasteiger partial charge in [-0.1, -0.05) is 36.4 Å². The summed E-state index contributed by atoms with van der Waals surface area (Å²) in [6.45, 7) is 0. The molecule has 4 nitrogen and oxygen atoms in total. The van der Waals surface area contributed by atoms with E-state index >= 15 is 0 Å². The van der Waals surface area contributed by atoms with Gasteiger partial charge in [0, 0.05) is 17.5 Å². The summed E-state index contributed by atoms with van der Waals surface area (Å²) in [6, 6.07) is 12.9. The number of ether oxygens (including phenoxy) is 1. The van der Waals surface area contributed by atoms with Crippen LogP contribution in [-0.2, 0) is 0 Å². The quantitative estimate of drug-likeness (QED) is 0.627. The summed E-state index contributed by atoms with van der Waals surface area (Å²) in [6.07, 6.45) is 4.89. The van der Waals surface area contributed by atoms with Crippen LogP contribution in [0.4, 0.5) is 5.69 Å². The van der Waals surface area contributed by atoms with Crippen LogP contribution in [0.25, 0.3) is 6.08 Å². The minimum atomic E-state index is -0.324. The smallest absolute Gasteiger partial charge is 0.273 e. The molecule has 1 atom stereocenters. The van der Waals surface area contributed by atoms with Gasteiger partial charge in [-0.3, -0.25) is 10.1 Å². The Morgan fingerprint density at radius 3 is 2.76 bits per heavy atom. The number of nitro benzene ring substituents is 1. The first-order chi connectivity index (χ1) is 10.2. The minimum absolute atomic E-state index is 0.0123. The van der Waals surface area contributed by atoms with E-state index in [0.717, 1.165) is 17.5 Å². The molecular weight excluding hydrogens is 266 g/mol. The van der Waals surface area contributed by atoms with Crippen LogP contribution in [0.3, 0.4) is 0 Å². The Balaban J connectivity index is 2.16. The molecule has 1 unspecified atom stereocenters. The van der Waals surface area contributed by atoms with Crippen LogP contribution in [-0.4, -0.2) is 12.0 Å². The van der Waals surface area contributed by atoms with Crippen molar-refractivity contribution >= 4 is 11.8 Å². The van der Waals surface area contributed by atoms with Gasteiger partial charge >= 0.3 is 0 Å². The fourth-order valence-electron chi connectivity index (χ4n) is 2.84. The van der Waals surface area contributed by atoms with Gasteiger partial charge in [-0.05, 0) is 29.7 Å². The monoisotopic (exact) mass is 281 g/mol. The molecule has 21 heavy (non-hydrogen) atoms. The van der Waals surface area contributed by atoms with Gasteiger partial charge in [0.2, 0.25) is 0 Å². The Bertz CT molecular complexity index is 722. The van der Waals surface area contributed by atoms with Crippen molar-refractivity contribution in [3.63, 3.8) is 0 Å². The predicted molar refractivity (Wildman–Crippen MR) is 81.6 cm³/mol. The Hall–Kier alpha value is -2.62. The summed E-state index contributed by atoms with van der Waals surface area (Å²) in [5.74, 6) is 0.629. The lowest BCUT2D eigenvalue weighted by Crippen LogP contribution is -2.08. The zero-order chi connectivity index (χ0) is 14.8. The predicted octanol–water partition coefficient (Wildman–Crippen LogP) is 4.15. The second-order valence-corrected chi connectivity index (χ2v) is 5.00. The largest absolute Gasteiger partial charge is 0.497 e. The van der Waals surface area contributed by atoms with Crippen LogP contribution in [0.15, 0.2) is 48.5 Å². The van der Waals surface area contributed by atoms with Crippen molar-refractivity contribution in [1.82, 2.24) is 0 Å². The van der Waals surface area contributed by atoms with Gasteiger partial charge in [0.15, 0.2) is 0 Å². The SMILES string of the molecule is COc1ccc([N+](=O)[O-])c(C2CC=Cc3ccccc32)c1. The Kier molecular flexibility index (Phi) is 3.44. The highest BCUT2D eigenvalue weighted by Gasteiger charge is 2.26. The molecule has 0 bridgehead atoms. The van der Waals surface area contributed by atoms with E-state index in [-0.39, 0.29) is 16.5 Å². The van der Waals surface area contributed by atoms with E-state index in [0.29, 0.717) is 11.3 Å². The molecule has 3 rings (SSSR count). The van der Waals surface area contributed by atoms with Gasteiger partial charge in [0.25, 0.3) is 5.69 Å². The normalized spacial score (nSPS) is 16.3. The summed E-state index contributed by atoms with van der Waals surface area (Å²) < 4.78 is 5.23. The molecule has 0 saturated carbocycles. The van der Waals surface area contributed by atoms with Gasteiger partial charge in [0.05, 0.1) is 12.0 Å². The Labute approximate surface area is 122 Å². The molecule has 0 heterocycles. The van der Waals surface area contributed by atoms with Crippen molar-refractivity contribution in [3.8, 4) is 5.75 Å². The van der Waals surface area contributed by atoms with Crippen LogP contribution in [0.5, 0.6) is 5.75 Å². The maximum absolute atomic E-state index is 11.3. The maximum atomic E-state index is 11.3. The highest BCUT2D eigenvalue weighted by molar-refractivity contribution is 5.62. The molecule has 2 aromatic carbocycles. The van der Waals surface area contributed by atoms with E-state index in [1.807, 2.05) is 24.3 Å². The summed E-state index contributed by atoms with van der Waals surface area (Å²) in [4.78, 5) is 11.0. The molecule has 1 aliphatic carbocycles. The van der Waals surface area contributed by atoms with E-state index in [9.17, 15) is 10.1 Å². The van der Waals surface area contributed by atoms with Crippen molar-refractivity contribution in [2.24, 2.45) is 0 Å². The first-order valence-electron chi connectivity index (χ1n) is 6.78. The molecule has 0 amide bonds. The van der Waals surface area contributed by atoms with Gasteiger partial charge in [-0.25, -0.2) is 0 Å². The third-order valence-corrected chi connectivity index (χ3v) is 3.85. The van der Waals surface area contributed by atoms with Crippen LogP contribution in [0, 0.1) is 10.1 Å². The molecule has 1 aliphatic rings. The van der Waals surface area contributed by atoms with E-state index in [1.165, 1.54) is 6.07 Å². The number of benzene rings is 2. The van der Waals surface area contributed by atoms with Gasteiger partial charge < -0.3 is 4.74 Å². The number of hydrogen-bond donors (Lipinski definition) is 0. The summed E-state index contributed by atoms with van der Waals surface area (Å²) in [5, 5.41) is 11.3. The molecule has 0 aromatic heterocycles. The molecule has 0 aliphatic heterocycles. The molecular formula is C17H15NO3. The summed E-state index contributed by atoms with van der Waals surface area (Å²) in [7, 11) is 1.57.